The maximum Gasteiger partial charge on any atom is 0.341 e. The van der Waals surface area contributed by atoms with Crippen LogP contribution in [0.3, 0.4) is 0 Å². The predicted molar refractivity (Wildman–Crippen MR) is 102 cm³/mol. The molecule has 0 saturated carbocycles. The minimum Gasteiger partial charge on any atom is -0.488 e. The Labute approximate surface area is 163 Å². The summed E-state index contributed by atoms with van der Waals surface area (Å²) < 4.78 is 16.5. The summed E-state index contributed by atoms with van der Waals surface area (Å²) in [6.45, 7) is 3.11. The van der Waals surface area contributed by atoms with Crippen LogP contribution in [0.2, 0.25) is 0 Å². The van der Waals surface area contributed by atoms with Crippen LogP contribution in [-0.2, 0) is 16.1 Å². The van der Waals surface area contributed by atoms with Crippen molar-refractivity contribution in [3.63, 3.8) is 0 Å². The van der Waals surface area contributed by atoms with Crippen LogP contribution in [0.15, 0.2) is 42.5 Å². The number of aryl methyl sites for hydroxylation is 1. The van der Waals surface area contributed by atoms with Crippen molar-refractivity contribution in [2.24, 2.45) is 0 Å². The second-order valence-electron chi connectivity index (χ2n) is 6.61. The van der Waals surface area contributed by atoms with E-state index in [-0.39, 0.29) is 12.0 Å². The van der Waals surface area contributed by atoms with Crippen molar-refractivity contribution in [2.75, 3.05) is 19.8 Å². The maximum atomic E-state index is 12.5. The Morgan fingerprint density at radius 3 is 2.86 bits per heavy atom. The van der Waals surface area contributed by atoms with E-state index >= 15 is 0 Å². The molecular weight excluding hydrogens is 362 g/mol. The van der Waals surface area contributed by atoms with E-state index in [0.29, 0.717) is 31.1 Å². The standard InChI is InChI=1S/C21H23NO6/c1-14-5-6-16(19(9-14)28-18-7-8-26-12-18)11-22-21(25)15-3-2-4-17(10-15)27-13-20(23)24/h2-6,9-10,18H,7-8,11-13H2,1H3,(H,22,25)(H,23,24). The summed E-state index contributed by atoms with van der Waals surface area (Å²) in [4.78, 5) is 23.1. The van der Waals surface area contributed by atoms with Crippen molar-refractivity contribution in [1.29, 1.82) is 0 Å². The largest absolute Gasteiger partial charge is 0.488 e. The zero-order valence-electron chi connectivity index (χ0n) is 15.6. The van der Waals surface area contributed by atoms with Gasteiger partial charge in [0.25, 0.3) is 5.91 Å². The summed E-state index contributed by atoms with van der Waals surface area (Å²) >= 11 is 0. The number of carbonyl (C=O) groups excluding carboxylic acids is 1. The number of nitrogens with one attached hydrogen (secondary N) is 1. The highest BCUT2D eigenvalue weighted by Crippen LogP contribution is 2.24. The number of benzene rings is 2. The molecule has 1 atom stereocenters. The Morgan fingerprint density at radius 1 is 1.25 bits per heavy atom. The van der Waals surface area contributed by atoms with E-state index in [0.717, 1.165) is 23.3 Å². The second kappa shape index (κ2) is 9.23. The maximum absolute atomic E-state index is 12.5. The number of aliphatic carboxylic acids is 1. The number of rotatable bonds is 8. The lowest BCUT2D eigenvalue weighted by Crippen LogP contribution is -2.24. The van der Waals surface area contributed by atoms with Gasteiger partial charge in [0.05, 0.1) is 13.2 Å². The fourth-order valence-corrected chi connectivity index (χ4v) is 2.85. The second-order valence-corrected chi connectivity index (χ2v) is 6.61. The molecule has 7 heteroatoms. The van der Waals surface area contributed by atoms with Crippen LogP contribution in [-0.4, -0.2) is 42.9 Å². The highest BCUT2D eigenvalue weighted by molar-refractivity contribution is 5.94. The molecule has 0 aliphatic carbocycles. The third-order valence-electron chi connectivity index (χ3n) is 4.30. The van der Waals surface area contributed by atoms with Gasteiger partial charge in [-0.3, -0.25) is 4.79 Å². The Kier molecular flexibility index (Phi) is 6.49. The lowest BCUT2D eigenvalue weighted by molar-refractivity contribution is -0.139. The van der Waals surface area contributed by atoms with Gasteiger partial charge in [0, 0.05) is 24.1 Å². The Balaban J connectivity index is 1.64. The normalized spacial score (nSPS) is 15.8. The van der Waals surface area contributed by atoms with Gasteiger partial charge in [-0.15, -0.1) is 0 Å². The molecule has 148 valence electrons. The molecule has 0 spiro atoms. The topological polar surface area (TPSA) is 94.1 Å². The average molecular weight is 385 g/mol. The lowest BCUT2D eigenvalue weighted by Gasteiger charge is -2.17. The molecule has 2 N–H and O–H groups in total. The van der Waals surface area contributed by atoms with E-state index < -0.39 is 12.6 Å². The first kappa shape index (κ1) is 19.7. The SMILES string of the molecule is Cc1ccc(CNC(=O)c2cccc(OCC(=O)O)c2)c(OC2CCOC2)c1. The number of hydrogen-bond acceptors (Lipinski definition) is 5. The number of ether oxygens (including phenoxy) is 3. The van der Waals surface area contributed by atoms with E-state index in [2.05, 4.69) is 5.32 Å². The summed E-state index contributed by atoms with van der Waals surface area (Å²) in [6.07, 6.45) is 0.877. The summed E-state index contributed by atoms with van der Waals surface area (Å²) in [5.41, 5.74) is 2.35. The number of hydrogen-bond donors (Lipinski definition) is 2. The van der Waals surface area contributed by atoms with Crippen molar-refractivity contribution in [2.45, 2.75) is 26.0 Å². The van der Waals surface area contributed by atoms with E-state index in [1.807, 2.05) is 25.1 Å². The Bertz CT molecular complexity index is 845. The smallest absolute Gasteiger partial charge is 0.341 e. The van der Waals surface area contributed by atoms with Gasteiger partial charge in [0.15, 0.2) is 6.61 Å². The van der Waals surface area contributed by atoms with Gasteiger partial charge in [0.2, 0.25) is 0 Å². The van der Waals surface area contributed by atoms with Crippen molar-refractivity contribution in [3.05, 3.63) is 59.2 Å². The van der Waals surface area contributed by atoms with Gasteiger partial charge in [-0.2, -0.15) is 0 Å². The predicted octanol–water partition coefficient (Wildman–Crippen LogP) is 2.56. The van der Waals surface area contributed by atoms with Crippen LogP contribution in [0, 0.1) is 6.92 Å². The minimum atomic E-state index is -1.07. The highest BCUT2D eigenvalue weighted by atomic mass is 16.5. The van der Waals surface area contributed by atoms with Crippen LogP contribution in [0.25, 0.3) is 0 Å². The van der Waals surface area contributed by atoms with Gasteiger partial charge in [0.1, 0.15) is 17.6 Å². The molecule has 0 radical (unpaired) electrons. The summed E-state index contributed by atoms with van der Waals surface area (Å²) in [5, 5.41) is 11.6. The Hall–Kier alpha value is -3.06. The van der Waals surface area contributed by atoms with Crippen LogP contribution in [0.4, 0.5) is 0 Å². The van der Waals surface area contributed by atoms with Gasteiger partial charge < -0.3 is 24.6 Å². The Morgan fingerprint density at radius 2 is 2.11 bits per heavy atom. The monoisotopic (exact) mass is 385 g/mol. The molecule has 1 heterocycles. The average Bonchev–Trinajstić information content (AvgIpc) is 3.19. The molecule has 0 bridgehead atoms. The number of carboxylic acids is 1. The van der Waals surface area contributed by atoms with Gasteiger partial charge in [-0.1, -0.05) is 18.2 Å². The molecule has 7 nitrogen and oxygen atoms in total. The third kappa shape index (κ3) is 5.47. The molecule has 28 heavy (non-hydrogen) atoms. The quantitative estimate of drug-likeness (QED) is 0.725. The van der Waals surface area contributed by atoms with Crippen molar-refractivity contribution in [3.8, 4) is 11.5 Å². The first-order valence-corrected chi connectivity index (χ1v) is 9.08. The lowest BCUT2D eigenvalue weighted by atomic mass is 10.1. The molecule has 1 unspecified atom stereocenters. The first-order chi connectivity index (χ1) is 13.5. The van der Waals surface area contributed by atoms with Crippen LogP contribution in [0.5, 0.6) is 11.5 Å². The molecule has 0 aromatic heterocycles. The molecule has 1 aliphatic heterocycles. The summed E-state index contributed by atoms with van der Waals surface area (Å²) in [5.74, 6) is -0.282. The minimum absolute atomic E-state index is 0.0271. The molecule has 1 fully saturated rings. The van der Waals surface area contributed by atoms with Crippen molar-refractivity contribution >= 4 is 11.9 Å². The zero-order valence-corrected chi connectivity index (χ0v) is 15.6. The molecule has 2 aromatic rings. The van der Waals surface area contributed by atoms with Crippen molar-refractivity contribution in [1.82, 2.24) is 5.32 Å². The fraction of sp³-hybridized carbons (Fsp3) is 0.333. The molecule has 2 aromatic carbocycles. The first-order valence-electron chi connectivity index (χ1n) is 9.08. The molecular formula is C21H23NO6. The zero-order chi connectivity index (χ0) is 19.9. The summed E-state index contributed by atoms with van der Waals surface area (Å²) in [7, 11) is 0. The van der Waals surface area contributed by atoms with Gasteiger partial charge in [-0.05, 0) is 36.8 Å². The number of amides is 1. The number of carbonyl (C=O) groups is 2. The van der Waals surface area contributed by atoms with Crippen molar-refractivity contribution < 1.29 is 28.9 Å². The van der Waals surface area contributed by atoms with E-state index in [4.69, 9.17) is 19.3 Å². The molecule has 3 rings (SSSR count). The van der Waals surface area contributed by atoms with E-state index in [9.17, 15) is 9.59 Å². The number of carboxylic acid groups (broad SMARTS) is 1. The van der Waals surface area contributed by atoms with Crippen LogP contribution >= 0.6 is 0 Å². The van der Waals surface area contributed by atoms with Crippen LogP contribution < -0.4 is 14.8 Å². The van der Waals surface area contributed by atoms with E-state index in [1.54, 1.807) is 18.2 Å². The van der Waals surface area contributed by atoms with Crippen LogP contribution in [0.1, 0.15) is 27.9 Å². The molecule has 1 amide bonds. The molecule has 1 saturated heterocycles. The molecule has 1 aliphatic rings. The van der Waals surface area contributed by atoms with Gasteiger partial charge in [-0.25, -0.2) is 4.79 Å². The highest BCUT2D eigenvalue weighted by Gasteiger charge is 2.19. The summed E-state index contributed by atoms with van der Waals surface area (Å²) in [6, 6.07) is 12.3. The van der Waals surface area contributed by atoms with E-state index in [1.165, 1.54) is 6.07 Å². The van der Waals surface area contributed by atoms with Gasteiger partial charge >= 0.3 is 5.97 Å². The third-order valence-corrected chi connectivity index (χ3v) is 4.30. The fourth-order valence-electron chi connectivity index (χ4n) is 2.85.